The molecule has 20 heavy (non-hydrogen) atoms. The van der Waals surface area contributed by atoms with Crippen molar-refractivity contribution < 1.29 is 4.79 Å². The second kappa shape index (κ2) is 6.23. The zero-order valence-corrected chi connectivity index (χ0v) is 11.8. The average Bonchev–Trinajstić information content (AvgIpc) is 3.20. The van der Waals surface area contributed by atoms with Gasteiger partial charge in [0, 0.05) is 24.7 Å². The van der Waals surface area contributed by atoms with Crippen LogP contribution in [0.3, 0.4) is 0 Å². The van der Waals surface area contributed by atoms with Crippen LogP contribution in [0.15, 0.2) is 36.4 Å². The molecule has 1 aliphatic carbocycles. The molecule has 2 fully saturated rings. The first-order chi connectivity index (χ1) is 9.83. The Bertz CT molecular complexity index is 473. The fourth-order valence-electron chi connectivity index (χ4n) is 2.78. The summed E-state index contributed by atoms with van der Waals surface area (Å²) in [5, 5.41) is 3.48. The third kappa shape index (κ3) is 3.48. The van der Waals surface area contributed by atoms with Crippen LogP contribution in [0.5, 0.6) is 0 Å². The Balaban J connectivity index is 1.61. The molecule has 1 N–H and O–H groups in total. The number of hydrogen-bond acceptors (Lipinski definition) is 2. The lowest BCUT2D eigenvalue weighted by Crippen LogP contribution is -2.41. The van der Waals surface area contributed by atoms with Crippen LogP contribution in [0.2, 0.25) is 0 Å². The van der Waals surface area contributed by atoms with E-state index in [-0.39, 0.29) is 5.91 Å². The molecule has 0 aromatic heterocycles. The van der Waals surface area contributed by atoms with E-state index in [0.717, 1.165) is 31.5 Å². The standard InChI is InChI=1S/C17H22N2O/c20-17(11-8-14-5-2-1-3-6-14)19(16-9-10-16)13-15-7-4-12-18-15/h1-3,5-6,8,11,15-16,18H,4,7,9-10,12-13H2/b11-8+. The molecule has 1 saturated heterocycles. The maximum absolute atomic E-state index is 12.4. The Labute approximate surface area is 120 Å². The molecule has 3 rings (SSSR count). The predicted molar refractivity (Wildman–Crippen MR) is 81.2 cm³/mol. The van der Waals surface area contributed by atoms with Crippen molar-refractivity contribution in [1.29, 1.82) is 0 Å². The van der Waals surface area contributed by atoms with Crippen LogP contribution < -0.4 is 5.32 Å². The molecule has 1 aliphatic heterocycles. The monoisotopic (exact) mass is 270 g/mol. The lowest BCUT2D eigenvalue weighted by atomic mass is 10.2. The van der Waals surface area contributed by atoms with E-state index >= 15 is 0 Å². The van der Waals surface area contributed by atoms with Gasteiger partial charge in [-0.15, -0.1) is 0 Å². The molecule has 1 aromatic carbocycles. The quantitative estimate of drug-likeness (QED) is 0.834. The van der Waals surface area contributed by atoms with Gasteiger partial charge < -0.3 is 10.2 Å². The Morgan fingerprint density at radius 3 is 2.70 bits per heavy atom. The second-order valence-corrected chi connectivity index (χ2v) is 5.76. The van der Waals surface area contributed by atoms with Crippen molar-refractivity contribution >= 4 is 12.0 Å². The van der Waals surface area contributed by atoms with E-state index < -0.39 is 0 Å². The van der Waals surface area contributed by atoms with Gasteiger partial charge in [-0.2, -0.15) is 0 Å². The molecule has 1 aromatic rings. The fourth-order valence-corrected chi connectivity index (χ4v) is 2.78. The minimum Gasteiger partial charge on any atom is -0.335 e. The summed E-state index contributed by atoms with van der Waals surface area (Å²) in [6.07, 6.45) is 8.40. The molecule has 2 aliphatic rings. The maximum atomic E-state index is 12.4. The van der Waals surface area contributed by atoms with E-state index in [1.807, 2.05) is 36.4 Å². The first-order valence-electron chi connectivity index (χ1n) is 7.60. The summed E-state index contributed by atoms with van der Waals surface area (Å²) in [6, 6.07) is 11.0. The van der Waals surface area contributed by atoms with Crippen molar-refractivity contribution in [1.82, 2.24) is 10.2 Å². The molecule has 0 bridgehead atoms. The van der Waals surface area contributed by atoms with E-state index in [2.05, 4.69) is 10.2 Å². The minimum atomic E-state index is 0.157. The lowest BCUT2D eigenvalue weighted by Gasteiger charge is -2.24. The van der Waals surface area contributed by atoms with E-state index in [0.29, 0.717) is 12.1 Å². The van der Waals surface area contributed by atoms with Crippen LogP contribution in [0.4, 0.5) is 0 Å². The van der Waals surface area contributed by atoms with Crippen molar-refractivity contribution in [2.75, 3.05) is 13.1 Å². The number of carbonyl (C=O) groups excluding carboxylic acids is 1. The fraction of sp³-hybridized carbons (Fsp3) is 0.471. The van der Waals surface area contributed by atoms with E-state index in [1.54, 1.807) is 6.08 Å². The van der Waals surface area contributed by atoms with Gasteiger partial charge in [0.2, 0.25) is 5.91 Å². The van der Waals surface area contributed by atoms with Crippen LogP contribution in [0, 0.1) is 0 Å². The second-order valence-electron chi connectivity index (χ2n) is 5.76. The van der Waals surface area contributed by atoms with E-state index in [4.69, 9.17) is 0 Å². The third-order valence-corrected chi connectivity index (χ3v) is 4.07. The SMILES string of the molecule is O=C(/C=C/c1ccccc1)N(CC1CCCN1)C1CC1. The van der Waals surface area contributed by atoms with Crippen LogP contribution in [0.1, 0.15) is 31.2 Å². The van der Waals surface area contributed by atoms with Crippen LogP contribution in [-0.4, -0.2) is 36.0 Å². The summed E-state index contributed by atoms with van der Waals surface area (Å²) in [5.74, 6) is 0.157. The summed E-state index contributed by atoms with van der Waals surface area (Å²) in [5.41, 5.74) is 1.08. The lowest BCUT2D eigenvalue weighted by molar-refractivity contribution is -0.126. The molecular weight excluding hydrogens is 248 g/mol. The largest absolute Gasteiger partial charge is 0.335 e. The zero-order valence-electron chi connectivity index (χ0n) is 11.8. The van der Waals surface area contributed by atoms with E-state index in [9.17, 15) is 4.79 Å². The van der Waals surface area contributed by atoms with Gasteiger partial charge in [-0.05, 0) is 43.9 Å². The van der Waals surface area contributed by atoms with Crippen molar-refractivity contribution in [3.63, 3.8) is 0 Å². The first kappa shape index (κ1) is 13.4. The van der Waals surface area contributed by atoms with Gasteiger partial charge in [0.15, 0.2) is 0 Å². The zero-order chi connectivity index (χ0) is 13.8. The molecule has 3 nitrogen and oxygen atoms in total. The molecule has 1 unspecified atom stereocenters. The number of rotatable bonds is 5. The predicted octanol–water partition coefficient (Wildman–Crippen LogP) is 2.44. The summed E-state index contributed by atoms with van der Waals surface area (Å²) in [6.45, 7) is 1.96. The Hall–Kier alpha value is -1.61. The molecule has 0 radical (unpaired) electrons. The highest BCUT2D eigenvalue weighted by Crippen LogP contribution is 2.28. The molecule has 106 valence electrons. The van der Waals surface area contributed by atoms with Crippen LogP contribution in [-0.2, 0) is 4.79 Å². The Morgan fingerprint density at radius 2 is 2.05 bits per heavy atom. The summed E-state index contributed by atoms with van der Waals surface area (Å²) in [7, 11) is 0. The Morgan fingerprint density at radius 1 is 1.25 bits per heavy atom. The summed E-state index contributed by atoms with van der Waals surface area (Å²) < 4.78 is 0. The number of carbonyl (C=O) groups is 1. The van der Waals surface area contributed by atoms with Gasteiger partial charge in [-0.3, -0.25) is 4.79 Å². The van der Waals surface area contributed by atoms with Gasteiger partial charge in [0.25, 0.3) is 0 Å². The highest BCUT2D eigenvalue weighted by Gasteiger charge is 2.33. The maximum Gasteiger partial charge on any atom is 0.246 e. The van der Waals surface area contributed by atoms with Gasteiger partial charge in [0.05, 0.1) is 0 Å². The van der Waals surface area contributed by atoms with Crippen molar-refractivity contribution in [2.45, 2.75) is 37.8 Å². The Kier molecular flexibility index (Phi) is 4.16. The number of nitrogens with zero attached hydrogens (tertiary/aromatic N) is 1. The molecule has 1 heterocycles. The van der Waals surface area contributed by atoms with Gasteiger partial charge in [-0.1, -0.05) is 30.3 Å². The minimum absolute atomic E-state index is 0.157. The van der Waals surface area contributed by atoms with Crippen LogP contribution in [0.25, 0.3) is 6.08 Å². The highest BCUT2D eigenvalue weighted by atomic mass is 16.2. The molecule has 1 atom stereocenters. The molecule has 1 saturated carbocycles. The number of hydrogen-bond donors (Lipinski definition) is 1. The van der Waals surface area contributed by atoms with Crippen molar-refractivity contribution in [3.8, 4) is 0 Å². The average molecular weight is 270 g/mol. The summed E-state index contributed by atoms with van der Waals surface area (Å²) >= 11 is 0. The van der Waals surface area contributed by atoms with Crippen molar-refractivity contribution in [3.05, 3.63) is 42.0 Å². The normalized spacial score (nSPS) is 22.3. The van der Waals surface area contributed by atoms with E-state index in [1.165, 1.54) is 12.8 Å². The van der Waals surface area contributed by atoms with Gasteiger partial charge in [-0.25, -0.2) is 0 Å². The summed E-state index contributed by atoms with van der Waals surface area (Å²) in [4.78, 5) is 14.5. The third-order valence-electron chi connectivity index (χ3n) is 4.07. The smallest absolute Gasteiger partial charge is 0.246 e. The highest BCUT2D eigenvalue weighted by molar-refractivity contribution is 5.92. The molecule has 3 heteroatoms. The first-order valence-corrected chi connectivity index (χ1v) is 7.60. The number of amides is 1. The van der Waals surface area contributed by atoms with Crippen molar-refractivity contribution in [2.24, 2.45) is 0 Å². The molecule has 1 amide bonds. The van der Waals surface area contributed by atoms with Gasteiger partial charge >= 0.3 is 0 Å². The van der Waals surface area contributed by atoms with Gasteiger partial charge in [0.1, 0.15) is 0 Å². The number of benzene rings is 1. The van der Waals surface area contributed by atoms with Crippen LogP contribution >= 0.6 is 0 Å². The number of nitrogens with one attached hydrogen (secondary N) is 1. The topological polar surface area (TPSA) is 32.3 Å². The molecular formula is C17H22N2O. The molecule has 0 spiro atoms.